The predicted molar refractivity (Wildman–Crippen MR) is 72.9 cm³/mol. The Labute approximate surface area is 117 Å². The maximum atomic E-state index is 13.1. The van der Waals surface area contributed by atoms with E-state index in [-0.39, 0.29) is 5.82 Å². The van der Waals surface area contributed by atoms with Gasteiger partial charge in [0.05, 0.1) is 10.7 Å². The lowest BCUT2D eigenvalue weighted by Crippen LogP contribution is -2.02. The number of hydrogen-bond donors (Lipinski definition) is 1. The first-order chi connectivity index (χ1) is 8.65. The molecule has 0 spiro atoms. The Morgan fingerprint density at radius 3 is 2.89 bits per heavy atom. The molecule has 1 aliphatic rings. The van der Waals surface area contributed by atoms with E-state index in [0.29, 0.717) is 21.2 Å². The minimum atomic E-state index is -0.372. The van der Waals surface area contributed by atoms with Gasteiger partial charge in [-0.05, 0) is 40.9 Å². The SMILES string of the molecule is Fc1cc(Cl)c(Nc2nccn2C2CC2)c(Br)c1. The quantitative estimate of drug-likeness (QED) is 0.897. The monoisotopic (exact) mass is 329 g/mol. The highest BCUT2D eigenvalue weighted by Crippen LogP contribution is 2.39. The molecule has 0 saturated heterocycles. The normalized spacial score (nSPS) is 14.8. The second kappa shape index (κ2) is 4.55. The molecule has 0 unspecified atom stereocenters. The molecule has 0 amide bonds. The van der Waals surface area contributed by atoms with E-state index in [4.69, 9.17) is 11.6 Å². The van der Waals surface area contributed by atoms with Crippen molar-refractivity contribution >= 4 is 39.2 Å². The number of rotatable bonds is 3. The van der Waals surface area contributed by atoms with Crippen molar-refractivity contribution in [3.05, 3.63) is 39.8 Å². The van der Waals surface area contributed by atoms with Gasteiger partial charge in [0.15, 0.2) is 0 Å². The minimum absolute atomic E-state index is 0.326. The van der Waals surface area contributed by atoms with Crippen molar-refractivity contribution in [2.45, 2.75) is 18.9 Å². The van der Waals surface area contributed by atoms with Crippen LogP contribution in [-0.4, -0.2) is 9.55 Å². The number of imidazole rings is 1. The zero-order valence-corrected chi connectivity index (χ0v) is 11.7. The number of benzene rings is 1. The van der Waals surface area contributed by atoms with E-state index in [1.165, 1.54) is 25.0 Å². The van der Waals surface area contributed by atoms with E-state index in [2.05, 4.69) is 30.8 Å². The smallest absolute Gasteiger partial charge is 0.207 e. The van der Waals surface area contributed by atoms with Crippen molar-refractivity contribution in [1.29, 1.82) is 0 Å². The molecule has 1 fully saturated rings. The van der Waals surface area contributed by atoms with Gasteiger partial charge in [0.2, 0.25) is 5.95 Å². The molecule has 0 atom stereocenters. The lowest BCUT2D eigenvalue weighted by molar-refractivity contribution is 0.627. The Hall–Kier alpha value is -1.07. The third-order valence-corrected chi connectivity index (χ3v) is 3.78. The van der Waals surface area contributed by atoms with E-state index < -0.39 is 0 Å². The van der Waals surface area contributed by atoms with E-state index in [1.54, 1.807) is 6.20 Å². The highest BCUT2D eigenvalue weighted by Gasteiger charge is 2.25. The van der Waals surface area contributed by atoms with Crippen LogP contribution in [0, 0.1) is 5.82 Å². The molecule has 0 radical (unpaired) electrons. The zero-order chi connectivity index (χ0) is 12.7. The number of anilines is 2. The summed E-state index contributed by atoms with van der Waals surface area (Å²) in [5.74, 6) is 0.356. The summed E-state index contributed by atoms with van der Waals surface area (Å²) in [6, 6.07) is 3.17. The molecular weight excluding hydrogens is 321 g/mol. The molecule has 1 heterocycles. The fourth-order valence-electron chi connectivity index (χ4n) is 1.83. The molecule has 3 rings (SSSR count). The van der Waals surface area contributed by atoms with Crippen molar-refractivity contribution in [2.24, 2.45) is 0 Å². The molecule has 18 heavy (non-hydrogen) atoms. The summed E-state index contributed by atoms with van der Waals surface area (Å²) >= 11 is 9.33. The maximum absolute atomic E-state index is 13.1. The Morgan fingerprint density at radius 2 is 2.22 bits per heavy atom. The van der Waals surface area contributed by atoms with Gasteiger partial charge >= 0.3 is 0 Å². The molecule has 0 aliphatic heterocycles. The topological polar surface area (TPSA) is 29.9 Å². The average Bonchev–Trinajstić information content (AvgIpc) is 3.04. The van der Waals surface area contributed by atoms with Crippen LogP contribution in [0.5, 0.6) is 0 Å². The molecule has 1 aliphatic carbocycles. The van der Waals surface area contributed by atoms with Crippen molar-refractivity contribution in [2.75, 3.05) is 5.32 Å². The van der Waals surface area contributed by atoms with Gasteiger partial charge in [-0.2, -0.15) is 0 Å². The van der Waals surface area contributed by atoms with Gasteiger partial charge < -0.3 is 9.88 Å². The van der Waals surface area contributed by atoms with Crippen molar-refractivity contribution < 1.29 is 4.39 Å². The third-order valence-electron chi connectivity index (χ3n) is 2.85. The van der Waals surface area contributed by atoms with E-state index >= 15 is 0 Å². The number of nitrogens with zero attached hydrogens (tertiary/aromatic N) is 2. The first-order valence-electron chi connectivity index (χ1n) is 5.59. The van der Waals surface area contributed by atoms with Gasteiger partial charge in [0, 0.05) is 22.9 Å². The van der Waals surface area contributed by atoms with Gasteiger partial charge in [0.1, 0.15) is 5.82 Å². The first kappa shape index (κ1) is 12.0. The molecule has 94 valence electrons. The van der Waals surface area contributed by atoms with Crippen LogP contribution in [0.4, 0.5) is 16.0 Å². The summed E-state index contributed by atoms with van der Waals surface area (Å²) in [6.07, 6.45) is 6.02. The van der Waals surface area contributed by atoms with Crippen molar-refractivity contribution in [3.63, 3.8) is 0 Å². The second-order valence-electron chi connectivity index (χ2n) is 4.26. The molecule has 1 N–H and O–H groups in total. The molecule has 3 nitrogen and oxygen atoms in total. The summed E-state index contributed by atoms with van der Waals surface area (Å²) in [6.45, 7) is 0. The Bertz CT molecular complexity index is 572. The third kappa shape index (κ3) is 2.24. The number of aromatic nitrogens is 2. The van der Waals surface area contributed by atoms with E-state index in [9.17, 15) is 4.39 Å². The van der Waals surface area contributed by atoms with Crippen LogP contribution in [-0.2, 0) is 0 Å². The lowest BCUT2D eigenvalue weighted by Gasteiger charge is -2.12. The molecular formula is C12H10BrClFN3. The van der Waals surface area contributed by atoms with Crippen LogP contribution in [0.3, 0.4) is 0 Å². The van der Waals surface area contributed by atoms with Gasteiger partial charge in [-0.25, -0.2) is 9.37 Å². The van der Waals surface area contributed by atoms with Gasteiger partial charge in [-0.15, -0.1) is 0 Å². The fourth-order valence-corrected chi connectivity index (χ4v) is 2.73. The van der Waals surface area contributed by atoms with Crippen LogP contribution in [0.2, 0.25) is 5.02 Å². The lowest BCUT2D eigenvalue weighted by atomic mass is 10.3. The maximum Gasteiger partial charge on any atom is 0.207 e. The van der Waals surface area contributed by atoms with Crippen LogP contribution < -0.4 is 5.32 Å². The Morgan fingerprint density at radius 1 is 1.44 bits per heavy atom. The van der Waals surface area contributed by atoms with Gasteiger partial charge in [0.25, 0.3) is 0 Å². The zero-order valence-electron chi connectivity index (χ0n) is 9.33. The molecule has 6 heteroatoms. The molecule has 1 saturated carbocycles. The summed E-state index contributed by atoms with van der Waals surface area (Å²) in [5.41, 5.74) is 0.631. The summed E-state index contributed by atoms with van der Waals surface area (Å²) in [7, 11) is 0. The minimum Gasteiger partial charge on any atom is -0.323 e. The molecule has 2 aromatic rings. The Kier molecular flexibility index (Phi) is 3.03. The van der Waals surface area contributed by atoms with Crippen LogP contribution >= 0.6 is 27.5 Å². The van der Waals surface area contributed by atoms with Gasteiger partial charge in [-0.3, -0.25) is 0 Å². The molecule has 1 aromatic carbocycles. The van der Waals surface area contributed by atoms with Crippen molar-refractivity contribution in [1.82, 2.24) is 9.55 Å². The number of halogens is 3. The summed E-state index contributed by atoms with van der Waals surface area (Å²) in [4.78, 5) is 4.26. The second-order valence-corrected chi connectivity index (χ2v) is 5.52. The fraction of sp³-hybridized carbons (Fsp3) is 0.250. The van der Waals surface area contributed by atoms with E-state index in [1.807, 2.05) is 6.20 Å². The van der Waals surface area contributed by atoms with Crippen LogP contribution in [0.15, 0.2) is 29.0 Å². The van der Waals surface area contributed by atoms with Gasteiger partial charge in [-0.1, -0.05) is 11.6 Å². The highest BCUT2D eigenvalue weighted by molar-refractivity contribution is 9.10. The number of nitrogens with one attached hydrogen (secondary N) is 1. The van der Waals surface area contributed by atoms with Crippen LogP contribution in [0.1, 0.15) is 18.9 Å². The highest BCUT2D eigenvalue weighted by atomic mass is 79.9. The Balaban J connectivity index is 1.94. The summed E-state index contributed by atoms with van der Waals surface area (Å²) < 4.78 is 15.8. The largest absolute Gasteiger partial charge is 0.323 e. The number of hydrogen-bond acceptors (Lipinski definition) is 2. The summed E-state index contributed by atoms with van der Waals surface area (Å²) in [5, 5.41) is 3.47. The average molecular weight is 331 g/mol. The standard InChI is InChI=1S/C12H10BrClFN3/c13-9-5-7(15)6-10(14)11(9)17-12-16-3-4-18(12)8-1-2-8/h3-6,8H,1-2H2,(H,16,17). The first-order valence-corrected chi connectivity index (χ1v) is 6.76. The molecule has 0 bridgehead atoms. The van der Waals surface area contributed by atoms with Crippen LogP contribution in [0.25, 0.3) is 0 Å². The predicted octanol–water partition coefficient (Wildman–Crippen LogP) is 4.52. The van der Waals surface area contributed by atoms with Crippen molar-refractivity contribution in [3.8, 4) is 0 Å². The molecule has 1 aromatic heterocycles. The van der Waals surface area contributed by atoms with E-state index in [0.717, 1.165) is 5.95 Å².